The molecule has 2 fully saturated rings. The highest BCUT2D eigenvalue weighted by Gasteiger charge is 2.42. The van der Waals surface area contributed by atoms with E-state index in [9.17, 15) is 14.4 Å². The van der Waals surface area contributed by atoms with E-state index in [1.807, 2.05) is 0 Å². The van der Waals surface area contributed by atoms with Gasteiger partial charge in [-0.3, -0.25) is 9.59 Å². The van der Waals surface area contributed by atoms with Crippen molar-refractivity contribution >= 4 is 17.6 Å². The lowest BCUT2D eigenvalue weighted by atomic mass is 9.68. The van der Waals surface area contributed by atoms with Gasteiger partial charge in [0.1, 0.15) is 11.6 Å². The van der Waals surface area contributed by atoms with E-state index < -0.39 is 0 Å². The first-order valence-electron chi connectivity index (χ1n) is 4.81. The zero-order valence-corrected chi connectivity index (χ0v) is 7.73. The second-order valence-corrected chi connectivity index (χ2v) is 4.12. The Labute approximate surface area is 81.4 Å². The number of aliphatic imine (C=N–C) groups is 1. The summed E-state index contributed by atoms with van der Waals surface area (Å²) in [6.45, 7) is 0. The van der Waals surface area contributed by atoms with E-state index >= 15 is 0 Å². The molecule has 2 bridgehead atoms. The van der Waals surface area contributed by atoms with Gasteiger partial charge in [0.25, 0.3) is 0 Å². The molecule has 2 saturated carbocycles. The first kappa shape index (κ1) is 9.28. The lowest BCUT2D eigenvalue weighted by Gasteiger charge is -2.37. The Hall–Kier alpha value is -1.28. The molecule has 0 aromatic heterocycles. The lowest BCUT2D eigenvalue weighted by Crippen LogP contribution is -2.42. The summed E-state index contributed by atoms with van der Waals surface area (Å²) in [5.41, 5.74) is 0. The SMILES string of the molecule is O=C=NC1C2CC(=O)CC1CC(=O)C2. The molecule has 0 spiro atoms. The first-order valence-corrected chi connectivity index (χ1v) is 4.81. The number of fused-ring (bicyclic) bond motifs is 2. The molecule has 14 heavy (non-hydrogen) atoms. The van der Waals surface area contributed by atoms with E-state index in [1.54, 1.807) is 6.08 Å². The monoisotopic (exact) mass is 193 g/mol. The van der Waals surface area contributed by atoms with Crippen molar-refractivity contribution in [2.75, 3.05) is 0 Å². The fourth-order valence-corrected chi connectivity index (χ4v) is 2.62. The Morgan fingerprint density at radius 1 is 1.00 bits per heavy atom. The van der Waals surface area contributed by atoms with Crippen LogP contribution in [0, 0.1) is 11.8 Å². The summed E-state index contributed by atoms with van der Waals surface area (Å²) >= 11 is 0. The van der Waals surface area contributed by atoms with E-state index in [-0.39, 0.29) is 29.4 Å². The summed E-state index contributed by atoms with van der Waals surface area (Å²) < 4.78 is 0. The smallest absolute Gasteiger partial charge is 0.235 e. The molecule has 0 aromatic carbocycles. The van der Waals surface area contributed by atoms with Crippen LogP contribution in [-0.2, 0) is 14.4 Å². The quantitative estimate of drug-likeness (QED) is 0.453. The average Bonchev–Trinajstić information content (AvgIpc) is 2.07. The van der Waals surface area contributed by atoms with Gasteiger partial charge in [-0.25, -0.2) is 9.79 Å². The number of Topliss-reactive ketones (excluding diaryl/α,β-unsaturated/α-hetero) is 2. The molecule has 74 valence electrons. The van der Waals surface area contributed by atoms with Crippen molar-refractivity contribution in [3.63, 3.8) is 0 Å². The van der Waals surface area contributed by atoms with Crippen LogP contribution in [0.25, 0.3) is 0 Å². The first-order chi connectivity index (χ1) is 6.70. The van der Waals surface area contributed by atoms with Gasteiger partial charge in [0.05, 0.1) is 6.04 Å². The second kappa shape index (κ2) is 3.46. The highest BCUT2D eigenvalue weighted by Crippen LogP contribution is 2.38. The topological polar surface area (TPSA) is 63.6 Å². The fourth-order valence-electron chi connectivity index (χ4n) is 2.62. The summed E-state index contributed by atoms with van der Waals surface area (Å²) in [4.78, 5) is 36.5. The Morgan fingerprint density at radius 2 is 1.43 bits per heavy atom. The molecule has 0 aromatic rings. The van der Waals surface area contributed by atoms with Gasteiger partial charge in [-0.05, 0) is 11.8 Å². The van der Waals surface area contributed by atoms with Crippen molar-refractivity contribution in [1.82, 2.24) is 0 Å². The van der Waals surface area contributed by atoms with Crippen LogP contribution in [0.15, 0.2) is 4.99 Å². The van der Waals surface area contributed by atoms with Crippen molar-refractivity contribution in [3.05, 3.63) is 0 Å². The standard InChI is InChI=1S/C10H11NO3/c12-5-11-10-6-1-8(13)3-7(10)4-9(14)2-6/h6-7,10H,1-4H2. The minimum Gasteiger partial charge on any atom is -0.300 e. The third kappa shape index (κ3) is 1.53. The van der Waals surface area contributed by atoms with Crippen molar-refractivity contribution in [3.8, 4) is 0 Å². The Morgan fingerprint density at radius 3 is 1.79 bits per heavy atom. The fraction of sp³-hybridized carbons (Fsp3) is 0.700. The highest BCUT2D eigenvalue weighted by molar-refractivity contribution is 5.86. The average molecular weight is 193 g/mol. The number of rotatable bonds is 1. The Balaban J connectivity index is 2.24. The van der Waals surface area contributed by atoms with Crippen LogP contribution in [0.5, 0.6) is 0 Å². The van der Waals surface area contributed by atoms with Crippen LogP contribution >= 0.6 is 0 Å². The van der Waals surface area contributed by atoms with Crippen LogP contribution in [0.4, 0.5) is 0 Å². The molecule has 2 aliphatic rings. The number of carbonyl (C=O) groups is 2. The van der Waals surface area contributed by atoms with Crippen LogP contribution in [-0.4, -0.2) is 23.7 Å². The Bertz CT molecular complexity index is 290. The lowest BCUT2D eigenvalue weighted by molar-refractivity contribution is -0.130. The summed E-state index contributed by atoms with van der Waals surface area (Å²) in [5.74, 6) is 0.322. The number of carbonyl (C=O) groups excluding carboxylic acids is 3. The van der Waals surface area contributed by atoms with Crippen LogP contribution < -0.4 is 0 Å². The number of ketones is 2. The van der Waals surface area contributed by atoms with Gasteiger partial charge in [0.2, 0.25) is 6.08 Å². The molecule has 2 rings (SSSR count). The zero-order chi connectivity index (χ0) is 10.1. The predicted octanol–water partition coefficient (Wildman–Crippen LogP) is 0.649. The molecule has 0 atom stereocenters. The van der Waals surface area contributed by atoms with E-state index in [4.69, 9.17) is 0 Å². The van der Waals surface area contributed by atoms with Gasteiger partial charge < -0.3 is 0 Å². The largest absolute Gasteiger partial charge is 0.300 e. The third-order valence-electron chi connectivity index (χ3n) is 3.13. The van der Waals surface area contributed by atoms with E-state index in [0.29, 0.717) is 25.7 Å². The highest BCUT2D eigenvalue weighted by atomic mass is 16.1. The Kier molecular flexibility index (Phi) is 2.30. The van der Waals surface area contributed by atoms with Crippen LogP contribution in [0.1, 0.15) is 25.7 Å². The molecule has 4 heteroatoms. The molecule has 0 aliphatic heterocycles. The zero-order valence-electron chi connectivity index (χ0n) is 7.73. The van der Waals surface area contributed by atoms with E-state index in [0.717, 1.165) is 0 Å². The van der Waals surface area contributed by atoms with Crippen molar-refractivity contribution in [2.24, 2.45) is 16.8 Å². The molecular formula is C10H11NO3. The normalized spacial score (nSPS) is 36.4. The molecular weight excluding hydrogens is 182 g/mol. The summed E-state index contributed by atoms with van der Waals surface area (Å²) in [6.07, 6.45) is 3.15. The van der Waals surface area contributed by atoms with Crippen LogP contribution in [0.2, 0.25) is 0 Å². The molecule has 0 heterocycles. The van der Waals surface area contributed by atoms with Gasteiger partial charge in [0, 0.05) is 25.7 Å². The van der Waals surface area contributed by atoms with E-state index in [2.05, 4.69) is 4.99 Å². The van der Waals surface area contributed by atoms with Gasteiger partial charge in [-0.2, -0.15) is 0 Å². The van der Waals surface area contributed by atoms with Crippen molar-refractivity contribution in [1.29, 1.82) is 0 Å². The van der Waals surface area contributed by atoms with Gasteiger partial charge in [-0.15, -0.1) is 0 Å². The van der Waals surface area contributed by atoms with Crippen molar-refractivity contribution < 1.29 is 14.4 Å². The number of hydrogen-bond acceptors (Lipinski definition) is 4. The van der Waals surface area contributed by atoms with Crippen molar-refractivity contribution in [2.45, 2.75) is 31.7 Å². The van der Waals surface area contributed by atoms with E-state index in [1.165, 1.54) is 0 Å². The van der Waals surface area contributed by atoms with Gasteiger partial charge >= 0.3 is 0 Å². The van der Waals surface area contributed by atoms with Crippen LogP contribution in [0.3, 0.4) is 0 Å². The maximum atomic E-state index is 11.3. The molecule has 0 unspecified atom stereocenters. The molecule has 4 nitrogen and oxygen atoms in total. The minimum absolute atomic E-state index is 0.0380. The third-order valence-corrected chi connectivity index (χ3v) is 3.13. The van der Waals surface area contributed by atoms with Gasteiger partial charge in [0.15, 0.2) is 0 Å². The summed E-state index contributed by atoms with van der Waals surface area (Å²) in [6, 6.07) is -0.136. The number of isocyanates is 1. The molecule has 0 radical (unpaired) electrons. The molecule has 0 N–H and O–H groups in total. The predicted molar refractivity (Wildman–Crippen MR) is 47.4 cm³/mol. The summed E-state index contributed by atoms with van der Waals surface area (Å²) in [7, 11) is 0. The molecule has 0 amide bonds. The molecule has 2 aliphatic carbocycles. The second-order valence-electron chi connectivity index (χ2n) is 4.12. The van der Waals surface area contributed by atoms with Gasteiger partial charge in [-0.1, -0.05) is 0 Å². The minimum atomic E-state index is -0.136. The number of hydrogen-bond donors (Lipinski definition) is 0. The molecule has 0 saturated heterocycles. The maximum absolute atomic E-state index is 11.3. The maximum Gasteiger partial charge on any atom is 0.235 e. The summed E-state index contributed by atoms with van der Waals surface area (Å²) in [5, 5.41) is 0. The number of nitrogens with zero attached hydrogens (tertiary/aromatic N) is 1.